The first-order chi connectivity index (χ1) is 15.1. The Morgan fingerprint density at radius 1 is 0.968 bits per heavy atom. The number of aromatic nitrogens is 1. The number of para-hydroxylation sites is 1. The molecule has 0 bridgehead atoms. The van der Waals surface area contributed by atoms with Gasteiger partial charge in [-0.15, -0.1) is 0 Å². The summed E-state index contributed by atoms with van der Waals surface area (Å²) in [5.74, 6) is 0.0519. The summed E-state index contributed by atoms with van der Waals surface area (Å²) in [7, 11) is 0. The van der Waals surface area contributed by atoms with Gasteiger partial charge in [0.15, 0.2) is 0 Å². The van der Waals surface area contributed by atoms with Gasteiger partial charge in [0.1, 0.15) is 11.2 Å². The van der Waals surface area contributed by atoms with Crippen LogP contribution in [-0.2, 0) is 11.3 Å². The van der Waals surface area contributed by atoms with Crippen molar-refractivity contribution in [1.29, 1.82) is 0 Å². The third-order valence-electron chi connectivity index (χ3n) is 7.87. The number of carbonyl (C=O) groups excluding carboxylic acids is 2. The lowest BCUT2D eigenvalue weighted by molar-refractivity contribution is -0.135. The van der Waals surface area contributed by atoms with Crippen LogP contribution in [0.1, 0.15) is 88.0 Å². The maximum Gasteiger partial charge on any atom is 0.271 e. The number of amides is 2. The van der Waals surface area contributed by atoms with E-state index in [9.17, 15) is 9.59 Å². The zero-order valence-corrected chi connectivity index (χ0v) is 18.7. The molecule has 0 saturated heterocycles. The lowest BCUT2D eigenvalue weighted by atomic mass is 9.89. The van der Waals surface area contributed by atoms with Gasteiger partial charge in [-0.3, -0.25) is 9.59 Å². The van der Waals surface area contributed by atoms with Crippen molar-refractivity contribution in [3.63, 3.8) is 0 Å². The van der Waals surface area contributed by atoms with E-state index in [4.69, 9.17) is 0 Å². The lowest BCUT2D eigenvalue weighted by Gasteiger charge is -2.48. The van der Waals surface area contributed by atoms with Crippen LogP contribution in [0.3, 0.4) is 0 Å². The van der Waals surface area contributed by atoms with Gasteiger partial charge in [-0.1, -0.05) is 63.1 Å². The molecule has 1 aromatic carbocycles. The molecule has 3 aliphatic rings. The minimum Gasteiger partial charge on any atom is -0.351 e. The summed E-state index contributed by atoms with van der Waals surface area (Å²) in [4.78, 5) is 29.7. The number of carbonyl (C=O) groups is 2. The van der Waals surface area contributed by atoms with Crippen LogP contribution in [-0.4, -0.2) is 38.9 Å². The molecule has 31 heavy (non-hydrogen) atoms. The smallest absolute Gasteiger partial charge is 0.271 e. The largest absolute Gasteiger partial charge is 0.351 e. The van der Waals surface area contributed by atoms with Crippen LogP contribution in [0.5, 0.6) is 0 Å². The van der Waals surface area contributed by atoms with Gasteiger partial charge in [0, 0.05) is 23.0 Å². The van der Waals surface area contributed by atoms with Crippen LogP contribution in [0.15, 0.2) is 30.3 Å². The molecule has 0 unspecified atom stereocenters. The summed E-state index contributed by atoms with van der Waals surface area (Å²) in [6.45, 7) is 2.53. The van der Waals surface area contributed by atoms with E-state index in [-0.39, 0.29) is 23.9 Å². The zero-order valence-electron chi connectivity index (χ0n) is 18.7. The summed E-state index contributed by atoms with van der Waals surface area (Å²) >= 11 is 0. The molecule has 1 N–H and O–H groups in total. The highest BCUT2D eigenvalue weighted by atomic mass is 16.2. The lowest BCUT2D eigenvalue weighted by Crippen LogP contribution is -2.67. The summed E-state index contributed by atoms with van der Waals surface area (Å²) in [6.07, 6.45) is 12.4. The topological polar surface area (TPSA) is 54.3 Å². The van der Waals surface area contributed by atoms with Crippen molar-refractivity contribution in [3.05, 3.63) is 36.0 Å². The minimum atomic E-state index is -0.863. The number of hydrogen-bond acceptors (Lipinski definition) is 2. The predicted molar refractivity (Wildman–Crippen MR) is 123 cm³/mol. The van der Waals surface area contributed by atoms with E-state index in [0.29, 0.717) is 6.54 Å². The first-order valence-corrected chi connectivity index (χ1v) is 12.3. The molecule has 1 aromatic heterocycles. The van der Waals surface area contributed by atoms with Gasteiger partial charge >= 0.3 is 0 Å². The highest BCUT2D eigenvalue weighted by Gasteiger charge is 2.50. The Labute approximate surface area is 185 Å². The van der Waals surface area contributed by atoms with Crippen molar-refractivity contribution in [2.24, 2.45) is 0 Å². The summed E-state index contributed by atoms with van der Waals surface area (Å²) in [6, 6.07) is 10.5. The third kappa shape index (κ3) is 3.66. The van der Waals surface area contributed by atoms with Crippen molar-refractivity contribution >= 4 is 22.7 Å². The summed E-state index contributed by atoms with van der Waals surface area (Å²) in [5.41, 5.74) is 0.912. The summed E-state index contributed by atoms with van der Waals surface area (Å²) < 4.78 is 2.09. The summed E-state index contributed by atoms with van der Waals surface area (Å²) in [5, 5.41) is 4.43. The molecule has 5 heteroatoms. The molecule has 2 heterocycles. The van der Waals surface area contributed by atoms with Crippen LogP contribution >= 0.6 is 0 Å². The second-order valence-corrected chi connectivity index (χ2v) is 10.1. The molecule has 2 amide bonds. The van der Waals surface area contributed by atoms with Crippen molar-refractivity contribution < 1.29 is 9.59 Å². The van der Waals surface area contributed by atoms with Crippen LogP contribution in [0.4, 0.5) is 0 Å². The molecule has 2 aliphatic carbocycles. The van der Waals surface area contributed by atoms with E-state index < -0.39 is 5.54 Å². The van der Waals surface area contributed by atoms with Crippen molar-refractivity contribution in [1.82, 2.24) is 14.8 Å². The Hall–Kier alpha value is -2.30. The number of nitrogens with zero attached hydrogens (tertiary/aromatic N) is 2. The number of nitrogens with one attached hydrogen (secondary N) is 1. The molecule has 2 aromatic rings. The van der Waals surface area contributed by atoms with Crippen LogP contribution in [0.2, 0.25) is 0 Å². The number of rotatable bonds is 3. The molecular formula is C26H35N3O2. The van der Waals surface area contributed by atoms with Gasteiger partial charge in [-0.2, -0.15) is 0 Å². The highest BCUT2D eigenvalue weighted by molar-refractivity contribution is 6.03. The fourth-order valence-corrected chi connectivity index (χ4v) is 6.14. The molecule has 1 atom stereocenters. The van der Waals surface area contributed by atoms with Crippen LogP contribution < -0.4 is 5.32 Å². The maximum absolute atomic E-state index is 13.9. The average Bonchev–Trinajstić information content (AvgIpc) is 2.94. The van der Waals surface area contributed by atoms with E-state index in [0.717, 1.165) is 55.1 Å². The first-order valence-electron chi connectivity index (χ1n) is 12.3. The maximum atomic E-state index is 13.9. The second-order valence-electron chi connectivity index (χ2n) is 10.1. The van der Waals surface area contributed by atoms with Crippen molar-refractivity contribution in [3.8, 4) is 0 Å². The molecule has 2 saturated carbocycles. The zero-order chi connectivity index (χ0) is 21.4. The quantitative estimate of drug-likeness (QED) is 0.707. The normalized spacial score (nSPS) is 26.0. The standard InChI is InChI=1S/C26H35N3O2/c1-26(25(31)27-20-12-5-4-6-13-20)18-28-22-16-10-9-11-19(22)17-23(28)24(30)29(26)21-14-7-2-3-8-15-21/h9-11,16-17,20-21H,2-8,12-15,18H2,1H3,(H,27,31)/t26-/m0/s1. The van der Waals surface area contributed by atoms with Gasteiger partial charge < -0.3 is 14.8 Å². The van der Waals surface area contributed by atoms with Gasteiger partial charge in [-0.05, 0) is 44.7 Å². The van der Waals surface area contributed by atoms with E-state index >= 15 is 0 Å². The van der Waals surface area contributed by atoms with Crippen LogP contribution in [0, 0.1) is 0 Å². The molecule has 0 spiro atoms. The van der Waals surface area contributed by atoms with Crippen molar-refractivity contribution in [2.45, 2.75) is 102 Å². The molecular weight excluding hydrogens is 386 g/mol. The molecule has 5 nitrogen and oxygen atoms in total. The van der Waals surface area contributed by atoms with Gasteiger partial charge in [-0.25, -0.2) is 0 Å². The Kier molecular flexibility index (Phi) is 5.53. The molecule has 0 radical (unpaired) electrons. The van der Waals surface area contributed by atoms with Crippen molar-refractivity contribution in [2.75, 3.05) is 0 Å². The Morgan fingerprint density at radius 2 is 1.61 bits per heavy atom. The van der Waals surface area contributed by atoms with Gasteiger partial charge in [0.25, 0.3) is 5.91 Å². The number of hydrogen-bond donors (Lipinski definition) is 1. The van der Waals surface area contributed by atoms with Crippen LogP contribution in [0.25, 0.3) is 10.9 Å². The molecule has 1 aliphatic heterocycles. The molecule has 2 fully saturated rings. The fraction of sp³-hybridized carbons (Fsp3) is 0.615. The van der Waals surface area contributed by atoms with Gasteiger partial charge in [0.2, 0.25) is 5.91 Å². The number of benzene rings is 1. The molecule has 5 rings (SSSR count). The fourth-order valence-electron chi connectivity index (χ4n) is 6.14. The number of fused-ring (bicyclic) bond motifs is 3. The predicted octanol–water partition coefficient (Wildman–Crippen LogP) is 5.03. The van der Waals surface area contributed by atoms with Gasteiger partial charge in [0.05, 0.1) is 6.54 Å². The Morgan fingerprint density at radius 3 is 2.35 bits per heavy atom. The van der Waals surface area contributed by atoms with E-state index in [1.165, 1.54) is 32.1 Å². The SMILES string of the molecule is C[C@@]1(C(=O)NC2CCCCC2)Cn2c(cc3ccccc32)C(=O)N1C1CCCCCC1. The third-order valence-corrected chi connectivity index (χ3v) is 7.87. The monoisotopic (exact) mass is 421 g/mol. The second kappa shape index (κ2) is 8.33. The Bertz CT molecular complexity index is 966. The van der Waals surface area contributed by atoms with E-state index in [1.54, 1.807) is 0 Å². The minimum absolute atomic E-state index is 0.0237. The highest BCUT2D eigenvalue weighted by Crippen LogP contribution is 2.37. The first kappa shape index (κ1) is 20.6. The Balaban J connectivity index is 1.55. The van der Waals surface area contributed by atoms with E-state index in [2.05, 4.69) is 22.0 Å². The average molecular weight is 422 g/mol. The van der Waals surface area contributed by atoms with E-state index in [1.807, 2.05) is 30.0 Å². The molecule has 166 valence electrons.